The number of hydrogen-bond acceptors (Lipinski definition) is 4. The van der Waals surface area contributed by atoms with E-state index in [-0.39, 0.29) is 0 Å². The van der Waals surface area contributed by atoms with Gasteiger partial charge >= 0.3 is 0 Å². The fraction of sp³-hybridized carbons (Fsp3) is 1.00. The molecule has 0 radical (unpaired) electrons. The van der Waals surface area contributed by atoms with Crippen molar-refractivity contribution < 1.29 is 4.39 Å². The zero-order chi connectivity index (χ0) is 8.16. The van der Waals surface area contributed by atoms with E-state index < -0.39 is 5.67 Å². The highest BCUT2D eigenvalue weighted by Crippen LogP contribution is 2.22. The van der Waals surface area contributed by atoms with Crippen molar-refractivity contribution in [2.24, 2.45) is 0 Å². The van der Waals surface area contributed by atoms with Crippen LogP contribution in [0.4, 0.5) is 4.39 Å². The van der Waals surface area contributed by atoms with Crippen LogP contribution in [0.5, 0.6) is 0 Å². The number of thiol groups is 1. The summed E-state index contributed by atoms with van der Waals surface area (Å²) in [7, 11) is 1.18. The molecule has 11 heavy (non-hydrogen) atoms. The van der Waals surface area contributed by atoms with Crippen LogP contribution >= 0.6 is 22.6 Å². The molecule has 5 heteroatoms. The second-order valence-corrected chi connectivity index (χ2v) is 3.83. The number of halogens is 1. The molecule has 0 spiro atoms. The zero-order valence-corrected chi connectivity index (χ0v) is 7.98. The predicted octanol–water partition coefficient (Wildman–Crippen LogP) is 1.16. The lowest BCUT2D eigenvalue weighted by Crippen LogP contribution is -2.43. The van der Waals surface area contributed by atoms with Gasteiger partial charge in [0.2, 0.25) is 0 Å². The van der Waals surface area contributed by atoms with Gasteiger partial charge in [-0.2, -0.15) is 0 Å². The number of piperidine rings is 1. The van der Waals surface area contributed by atoms with Gasteiger partial charge in [0.05, 0.1) is 0 Å². The van der Waals surface area contributed by atoms with Crippen molar-refractivity contribution in [2.45, 2.75) is 18.5 Å². The second-order valence-electron chi connectivity index (χ2n) is 2.81. The second kappa shape index (κ2) is 4.54. The van der Waals surface area contributed by atoms with E-state index in [4.69, 9.17) is 0 Å². The van der Waals surface area contributed by atoms with Crippen molar-refractivity contribution in [1.29, 1.82) is 0 Å². The normalized spacial score (nSPS) is 23.5. The lowest BCUT2D eigenvalue weighted by Gasteiger charge is -2.29. The Kier molecular flexibility index (Phi) is 3.98. The van der Waals surface area contributed by atoms with Crippen LogP contribution in [0.15, 0.2) is 0 Å². The number of nitrogens with one attached hydrogen (secondary N) is 2. The van der Waals surface area contributed by atoms with Crippen molar-refractivity contribution in [1.82, 2.24) is 10.0 Å². The summed E-state index contributed by atoms with van der Waals surface area (Å²) in [6, 6.07) is 0. The highest BCUT2D eigenvalue weighted by Gasteiger charge is 2.30. The van der Waals surface area contributed by atoms with Gasteiger partial charge in [-0.15, -0.1) is 0 Å². The van der Waals surface area contributed by atoms with Gasteiger partial charge in [0, 0.05) is 6.54 Å². The highest BCUT2D eigenvalue weighted by atomic mass is 33.1. The highest BCUT2D eigenvalue weighted by molar-refractivity contribution is 8.67. The third kappa shape index (κ3) is 3.19. The Morgan fingerprint density at radius 2 is 2.18 bits per heavy atom. The van der Waals surface area contributed by atoms with Gasteiger partial charge in [-0.1, -0.05) is 11.7 Å². The number of alkyl halides is 1. The van der Waals surface area contributed by atoms with E-state index in [0.29, 0.717) is 19.4 Å². The maximum atomic E-state index is 13.6. The molecule has 0 aromatic carbocycles. The third-order valence-electron chi connectivity index (χ3n) is 1.95. The molecule has 0 saturated carbocycles. The van der Waals surface area contributed by atoms with E-state index in [9.17, 15) is 4.39 Å². The van der Waals surface area contributed by atoms with E-state index in [1.807, 2.05) is 0 Å². The van der Waals surface area contributed by atoms with E-state index in [1.54, 1.807) is 0 Å². The molecular weight excluding hydrogens is 183 g/mol. The molecule has 2 N–H and O–H groups in total. The van der Waals surface area contributed by atoms with E-state index in [1.165, 1.54) is 11.0 Å². The summed E-state index contributed by atoms with van der Waals surface area (Å²) in [6.07, 6.45) is 1.21. The van der Waals surface area contributed by atoms with Gasteiger partial charge in [0.15, 0.2) is 0 Å². The summed E-state index contributed by atoms with van der Waals surface area (Å²) in [5.41, 5.74) is -1.01. The Bertz CT molecular complexity index is 117. The standard InChI is InChI=1S/C6H13FN2S2/c7-6(5-9-11-10)1-3-8-4-2-6/h8-10H,1-5H2. The SMILES string of the molecule is FC1(CNSS)CCNCC1. The summed E-state index contributed by atoms with van der Waals surface area (Å²) in [5, 5.41) is 3.12. The van der Waals surface area contributed by atoms with Crippen LogP contribution in [0, 0.1) is 0 Å². The Morgan fingerprint density at radius 1 is 1.55 bits per heavy atom. The largest absolute Gasteiger partial charge is 0.316 e. The zero-order valence-electron chi connectivity index (χ0n) is 6.27. The monoisotopic (exact) mass is 196 g/mol. The van der Waals surface area contributed by atoms with Crippen LogP contribution in [0.3, 0.4) is 0 Å². The van der Waals surface area contributed by atoms with Crippen LogP contribution < -0.4 is 10.0 Å². The molecule has 1 heterocycles. The fourth-order valence-corrected chi connectivity index (χ4v) is 1.73. The molecule has 0 aliphatic carbocycles. The molecule has 0 aromatic rings. The van der Waals surface area contributed by atoms with Gasteiger partial charge in [-0.05, 0) is 36.9 Å². The maximum absolute atomic E-state index is 13.6. The van der Waals surface area contributed by atoms with Gasteiger partial charge in [-0.25, -0.2) is 4.39 Å². The number of rotatable bonds is 3. The molecule has 1 rings (SSSR count). The summed E-state index contributed by atoms with van der Waals surface area (Å²) < 4.78 is 16.4. The Balaban J connectivity index is 2.25. The smallest absolute Gasteiger partial charge is 0.126 e. The third-order valence-corrected chi connectivity index (χ3v) is 2.61. The van der Waals surface area contributed by atoms with Crippen molar-refractivity contribution in [3.63, 3.8) is 0 Å². The molecule has 66 valence electrons. The van der Waals surface area contributed by atoms with Gasteiger partial charge < -0.3 is 5.32 Å². The molecule has 0 amide bonds. The molecule has 0 bridgehead atoms. The first-order chi connectivity index (χ1) is 5.27. The first-order valence-corrected chi connectivity index (χ1v) is 5.57. The molecule has 1 aliphatic heterocycles. The van der Waals surface area contributed by atoms with Crippen LogP contribution in [0.1, 0.15) is 12.8 Å². The quantitative estimate of drug-likeness (QED) is 0.359. The summed E-state index contributed by atoms with van der Waals surface area (Å²) >= 11 is 3.88. The maximum Gasteiger partial charge on any atom is 0.126 e. The first kappa shape index (κ1) is 9.64. The van der Waals surface area contributed by atoms with Crippen LogP contribution in [-0.4, -0.2) is 25.3 Å². The molecule has 1 fully saturated rings. The molecule has 0 unspecified atom stereocenters. The molecule has 0 aromatic heterocycles. The lowest BCUT2D eigenvalue weighted by atomic mass is 9.95. The molecule has 0 atom stereocenters. The van der Waals surface area contributed by atoms with Crippen molar-refractivity contribution in [3.8, 4) is 0 Å². The van der Waals surface area contributed by atoms with Crippen molar-refractivity contribution in [2.75, 3.05) is 19.6 Å². The number of hydrogen-bond donors (Lipinski definition) is 3. The van der Waals surface area contributed by atoms with Crippen LogP contribution in [-0.2, 0) is 0 Å². The minimum atomic E-state index is -1.01. The lowest BCUT2D eigenvalue weighted by molar-refractivity contribution is 0.122. The van der Waals surface area contributed by atoms with Gasteiger partial charge in [-0.3, -0.25) is 4.72 Å². The molecule has 1 saturated heterocycles. The van der Waals surface area contributed by atoms with Crippen molar-refractivity contribution >= 4 is 22.6 Å². The van der Waals surface area contributed by atoms with Crippen molar-refractivity contribution in [3.05, 3.63) is 0 Å². The fourth-order valence-electron chi connectivity index (χ4n) is 1.21. The van der Waals surface area contributed by atoms with Crippen LogP contribution in [0.25, 0.3) is 0 Å². The minimum absolute atomic E-state index is 0.406. The summed E-state index contributed by atoms with van der Waals surface area (Å²) in [6.45, 7) is 1.98. The van der Waals surface area contributed by atoms with E-state index in [2.05, 4.69) is 21.7 Å². The molecule has 2 nitrogen and oxygen atoms in total. The Hall–Kier alpha value is 0.550. The first-order valence-electron chi connectivity index (χ1n) is 3.70. The molecular formula is C6H13FN2S2. The summed E-state index contributed by atoms with van der Waals surface area (Å²) in [5.74, 6) is 0. The summed E-state index contributed by atoms with van der Waals surface area (Å²) in [4.78, 5) is 0. The average molecular weight is 196 g/mol. The Labute approximate surface area is 75.6 Å². The van der Waals surface area contributed by atoms with Gasteiger partial charge in [0.1, 0.15) is 5.67 Å². The van der Waals surface area contributed by atoms with Crippen LogP contribution in [0.2, 0.25) is 0 Å². The van der Waals surface area contributed by atoms with E-state index >= 15 is 0 Å². The predicted molar refractivity (Wildman–Crippen MR) is 50.5 cm³/mol. The molecule has 1 aliphatic rings. The topological polar surface area (TPSA) is 24.1 Å². The average Bonchev–Trinajstić information content (AvgIpc) is 2.03. The Morgan fingerprint density at radius 3 is 2.73 bits per heavy atom. The van der Waals surface area contributed by atoms with Gasteiger partial charge in [0.25, 0.3) is 0 Å². The minimum Gasteiger partial charge on any atom is -0.316 e. The van der Waals surface area contributed by atoms with E-state index in [0.717, 1.165) is 13.1 Å².